The van der Waals surface area contributed by atoms with Crippen LogP contribution in [0.25, 0.3) is 0 Å². The van der Waals surface area contributed by atoms with Gasteiger partial charge in [-0.3, -0.25) is 4.79 Å². The summed E-state index contributed by atoms with van der Waals surface area (Å²) in [6.45, 7) is 1.76. The molecule has 1 fully saturated rings. The number of thioether (sulfide) groups is 1. The number of likely N-dealkylation sites (tertiary alicyclic amines) is 1. The van der Waals surface area contributed by atoms with Crippen LogP contribution >= 0.6 is 11.8 Å². The quantitative estimate of drug-likeness (QED) is 0.846. The Labute approximate surface area is 113 Å². The number of amides is 1. The highest BCUT2D eigenvalue weighted by Gasteiger charge is 2.29. The van der Waals surface area contributed by atoms with Gasteiger partial charge in [-0.1, -0.05) is 12.1 Å². The van der Waals surface area contributed by atoms with Crippen LogP contribution in [0.3, 0.4) is 0 Å². The van der Waals surface area contributed by atoms with Gasteiger partial charge in [-0.25, -0.2) is 0 Å². The third-order valence-corrected chi connectivity index (χ3v) is 4.21. The first-order valence-corrected chi connectivity index (χ1v) is 7.59. The van der Waals surface area contributed by atoms with E-state index >= 15 is 0 Å². The summed E-state index contributed by atoms with van der Waals surface area (Å²) in [5, 5.41) is 3.18. The molecule has 1 aliphatic heterocycles. The zero-order valence-corrected chi connectivity index (χ0v) is 11.8. The lowest BCUT2D eigenvalue weighted by atomic mass is 10.1. The summed E-state index contributed by atoms with van der Waals surface area (Å²) in [6.07, 6.45) is 4.23. The van der Waals surface area contributed by atoms with Crippen LogP contribution in [0.1, 0.15) is 23.2 Å². The van der Waals surface area contributed by atoms with E-state index in [1.54, 1.807) is 11.8 Å². The molecule has 0 bridgehead atoms. The third-order valence-electron chi connectivity index (χ3n) is 3.42. The lowest BCUT2D eigenvalue weighted by Gasteiger charge is -2.25. The van der Waals surface area contributed by atoms with Crippen molar-refractivity contribution in [2.75, 3.05) is 26.4 Å². The van der Waals surface area contributed by atoms with E-state index in [-0.39, 0.29) is 5.91 Å². The highest BCUT2D eigenvalue weighted by atomic mass is 32.2. The SMILES string of the molecule is CNCC1CCCN1C(=O)c1ccccc1SC. The molecule has 1 heterocycles. The minimum absolute atomic E-state index is 0.178. The summed E-state index contributed by atoms with van der Waals surface area (Å²) in [6, 6.07) is 8.22. The van der Waals surface area contributed by atoms with Gasteiger partial charge in [0.1, 0.15) is 0 Å². The Hall–Kier alpha value is -1.00. The van der Waals surface area contributed by atoms with Crippen LogP contribution in [-0.2, 0) is 0 Å². The van der Waals surface area contributed by atoms with Gasteiger partial charge >= 0.3 is 0 Å². The Bertz CT molecular complexity index is 422. The van der Waals surface area contributed by atoms with E-state index in [4.69, 9.17) is 0 Å². The fourth-order valence-corrected chi connectivity index (χ4v) is 3.12. The van der Waals surface area contributed by atoms with Gasteiger partial charge in [-0.05, 0) is 38.3 Å². The van der Waals surface area contributed by atoms with Crippen LogP contribution in [-0.4, -0.2) is 43.2 Å². The molecule has 1 unspecified atom stereocenters. The highest BCUT2D eigenvalue weighted by Crippen LogP contribution is 2.25. The number of nitrogens with zero attached hydrogens (tertiary/aromatic N) is 1. The molecule has 1 N–H and O–H groups in total. The van der Waals surface area contributed by atoms with Gasteiger partial charge < -0.3 is 10.2 Å². The number of hydrogen-bond acceptors (Lipinski definition) is 3. The summed E-state index contributed by atoms with van der Waals surface area (Å²) in [5.41, 5.74) is 0.841. The van der Waals surface area contributed by atoms with Gasteiger partial charge in [0.05, 0.1) is 5.56 Å². The summed E-state index contributed by atoms with van der Waals surface area (Å²) in [4.78, 5) is 15.7. The van der Waals surface area contributed by atoms with Crippen molar-refractivity contribution in [2.45, 2.75) is 23.8 Å². The Kier molecular flexibility index (Phi) is 4.66. The van der Waals surface area contributed by atoms with Gasteiger partial charge in [0.25, 0.3) is 5.91 Å². The normalized spacial score (nSPS) is 19.2. The maximum absolute atomic E-state index is 12.6. The van der Waals surface area contributed by atoms with Gasteiger partial charge in [0.2, 0.25) is 0 Å². The average molecular weight is 264 g/mol. The summed E-state index contributed by atoms with van der Waals surface area (Å²) < 4.78 is 0. The standard InChI is InChI=1S/C14H20N2OS/c1-15-10-11-6-5-9-16(11)14(17)12-7-3-4-8-13(12)18-2/h3-4,7-8,11,15H,5-6,9-10H2,1-2H3. The summed E-state index contributed by atoms with van der Waals surface area (Å²) in [5.74, 6) is 0.178. The van der Waals surface area contributed by atoms with E-state index in [1.807, 2.05) is 42.5 Å². The number of rotatable bonds is 4. The molecule has 0 saturated carbocycles. The van der Waals surface area contributed by atoms with Crippen LogP contribution in [0.4, 0.5) is 0 Å². The maximum Gasteiger partial charge on any atom is 0.255 e. The average Bonchev–Trinajstić information content (AvgIpc) is 2.86. The predicted molar refractivity (Wildman–Crippen MR) is 76.2 cm³/mol. The molecule has 0 spiro atoms. The van der Waals surface area contributed by atoms with Crippen LogP contribution in [0.2, 0.25) is 0 Å². The molecule has 98 valence electrons. The van der Waals surface area contributed by atoms with Crippen molar-refractivity contribution < 1.29 is 4.79 Å². The van der Waals surface area contributed by atoms with Crippen LogP contribution in [0.15, 0.2) is 29.2 Å². The monoisotopic (exact) mass is 264 g/mol. The van der Waals surface area contributed by atoms with Crippen molar-refractivity contribution in [3.63, 3.8) is 0 Å². The van der Waals surface area contributed by atoms with Gasteiger partial charge in [0, 0.05) is 24.0 Å². The smallest absolute Gasteiger partial charge is 0.255 e. The van der Waals surface area contributed by atoms with Gasteiger partial charge in [-0.2, -0.15) is 0 Å². The summed E-state index contributed by atoms with van der Waals surface area (Å²) in [7, 11) is 1.94. The van der Waals surface area contributed by atoms with Crippen molar-refractivity contribution in [1.82, 2.24) is 10.2 Å². The summed E-state index contributed by atoms with van der Waals surface area (Å²) >= 11 is 1.63. The fraction of sp³-hybridized carbons (Fsp3) is 0.500. The largest absolute Gasteiger partial charge is 0.334 e. The van der Waals surface area contributed by atoms with E-state index in [2.05, 4.69) is 5.32 Å². The van der Waals surface area contributed by atoms with Crippen molar-refractivity contribution in [1.29, 1.82) is 0 Å². The van der Waals surface area contributed by atoms with Crippen LogP contribution in [0, 0.1) is 0 Å². The van der Waals surface area contributed by atoms with Crippen LogP contribution in [0.5, 0.6) is 0 Å². The minimum Gasteiger partial charge on any atom is -0.334 e. The molecule has 1 aromatic carbocycles. The lowest BCUT2D eigenvalue weighted by molar-refractivity contribution is 0.0733. The van der Waals surface area contributed by atoms with Crippen molar-refractivity contribution >= 4 is 17.7 Å². The van der Waals surface area contributed by atoms with Crippen molar-refractivity contribution in [3.05, 3.63) is 29.8 Å². The zero-order chi connectivity index (χ0) is 13.0. The molecule has 0 aliphatic carbocycles. The van der Waals surface area contributed by atoms with E-state index in [0.29, 0.717) is 6.04 Å². The van der Waals surface area contributed by atoms with Gasteiger partial charge in [-0.15, -0.1) is 11.8 Å². The molecule has 0 radical (unpaired) electrons. The number of likely N-dealkylation sites (N-methyl/N-ethyl adjacent to an activating group) is 1. The predicted octanol–water partition coefficient (Wildman–Crippen LogP) is 2.23. The molecule has 4 heteroatoms. The molecule has 3 nitrogen and oxygen atoms in total. The molecule has 0 aromatic heterocycles. The van der Waals surface area contributed by atoms with E-state index < -0.39 is 0 Å². The fourth-order valence-electron chi connectivity index (χ4n) is 2.53. The highest BCUT2D eigenvalue weighted by molar-refractivity contribution is 7.98. The Balaban J connectivity index is 2.20. The molecule has 1 saturated heterocycles. The maximum atomic E-state index is 12.6. The number of hydrogen-bond donors (Lipinski definition) is 1. The van der Waals surface area contributed by atoms with Gasteiger partial charge in [0.15, 0.2) is 0 Å². The third kappa shape index (κ3) is 2.70. The molecule has 18 heavy (non-hydrogen) atoms. The molecule has 1 aromatic rings. The molecular weight excluding hydrogens is 244 g/mol. The van der Waals surface area contributed by atoms with E-state index in [1.165, 1.54) is 0 Å². The lowest BCUT2D eigenvalue weighted by Crippen LogP contribution is -2.41. The number of carbonyl (C=O) groups excluding carboxylic acids is 1. The molecular formula is C14H20N2OS. The van der Waals surface area contributed by atoms with Crippen molar-refractivity contribution in [2.24, 2.45) is 0 Å². The number of carbonyl (C=O) groups is 1. The first-order chi connectivity index (χ1) is 8.77. The van der Waals surface area contributed by atoms with Crippen molar-refractivity contribution in [3.8, 4) is 0 Å². The van der Waals surface area contributed by atoms with E-state index in [9.17, 15) is 4.79 Å². The molecule has 2 rings (SSSR count). The second-order valence-corrected chi connectivity index (χ2v) is 5.40. The number of nitrogens with one attached hydrogen (secondary N) is 1. The second kappa shape index (κ2) is 6.25. The number of benzene rings is 1. The Morgan fingerprint density at radius 2 is 2.28 bits per heavy atom. The second-order valence-electron chi connectivity index (χ2n) is 4.55. The Morgan fingerprint density at radius 1 is 1.50 bits per heavy atom. The van der Waals surface area contributed by atoms with Crippen LogP contribution < -0.4 is 5.32 Å². The Morgan fingerprint density at radius 3 is 3.00 bits per heavy atom. The zero-order valence-electron chi connectivity index (χ0n) is 11.0. The molecule has 1 amide bonds. The molecule has 1 atom stereocenters. The molecule has 1 aliphatic rings. The topological polar surface area (TPSA) is 32.3 Å². The first-order valence-electron chi connectivity index (χ1n) is 6.36. The first kappa shape index (κ1) is 13.4. The van der Waals surface area contributed by atoms with E-state index in [0.717, 1.165) is 36.4 Å². The minimum atomic E-state index is 0.178.